The third-order valence-electron chi connectivity index (χ3n) is 5.14. The second kappa shape index (κ2) is 1.78. The predicted molar refractivity (Wildman–Crippen MR) is 46.7 cm³/mol. The van der Waals surface area contributed by atoms with Gasteiger partial charge in [-0.3, -0.25) is 4.79 Å². The molecule has 1 nitrogen and oxygen atoms in total. The molecule has 0 aliphatic heterocycles. The highest BCUT2D eigenvalue weighted by Crippen LogP contribution is 2.73. The van der Waals surface area contributed by atoms with Crippen molar-refractivity contribution in [1.29, 1.82) is 0 Å². The van der Waals surface area contributed by atoms with E-state index in [2.05, 4.69) is 6.92 Å². The third kappa shape index (κ3) is 0.486. The van der Waals surface area contributed by atoms with Crippen LogP contribution in [-0.4, -0.2) is 5.78 Å². The van der Waals surface area contributed by atoms with Crippen LogP contribution in [0.2, 0.25) is 0 Å². The van der Waals surface area contributed by atoms with Gasteiger partial charge in [-0.2, -0.15) is 0 Å². The second-order valence-electron chi connectivity index (χ2n) is 5.22. The molecule has 1 heteroatoms. The van der Waals surface area contributed by atoms with Crippen molar-refractivity contribution in [3.05, 3.63) is 0 Å². The number of hydrogen-bond acceptors (Lipinski definition) is 1. The standard InChI is InChI=1S/C11H16O/c1-10-5-2-6-11(10)7-8(10)3-4-9(11)12/h8H,2-7H2,1H3. The maximum absolute atomic E-state index is 11.8. The molecule has 2 bridgehead atoms. The summed E-state index contributed by atoms with van der Waals surface area (Å²) in [6.07, 6.45) is 7.15. The first-order chi connectivity index (χ1) is 5.69. The molecule has 0 amide bonds. The van der Waals surface area contributed by atoms with Crippen LogP contribution in [0.15, 0.2) is 0 Å². The Balaban J connectivity index is 2.09. The van der Waals surface area contributed by atoms with Crippen molar-refractivity contribution >= 4 is 5.78 Å². The number of Topliss-reactive ketones (excluding diaryl/α,β-unsaturated/α-hetero) is 1. The Morgan fingerprint density at radius 1 is 1.42 bits per heavy atom. The molecule has 1 spiro atoms. The monoisotopic (exact) mass is 164 g/mol. The molecule has 3 aliphatic rings. The van der Waals surface area contributed by atoms with Gasteiger partial charge in [0.2, 0.25) is 0 Å². The van der Waals surface area contributed by atoms with Crippen LogP contribution in [0.25, 0.3) is 0 Å². The normalized spacial score (nSPS) is 56.4. The highest BCUT2D eigenvalue weighted by molar-refractivity contribution is 5.89. The first kappa shape index (κ1) is 7.11. The molecule has 3 unspecified atom stereocenters. The minimum atomic E-state index is 0.190. The largest absolute Gasteiger partial charge is 0.299 e. The van der Waals surface area contributed by atoms with Crippen LogP contribution >= 0.6 is 0 Å². The molecule has 3 rings (SSSR count). The fourth-order valence-corrected chi connectivity index (χ4v) is 4.26. The Kier molecular flexibility index (Phi) is 1.06. The summed E-state index contributed by atoms with van der Waals surface area (Å²) >= 11 is 0. The van der Waals surface area contributed by atoms with Crippen molar-refractivity contribution < 1.29 is 4.79 Å². The highest BCUT2D eigenvalue weighted by atomic mass is 16.1. The smallest absolute Gasteiger partial charge is 0.139 e. The number of ketones is 1. The van der Waals surface area contributed by atoms with Gasteiger partial charge in [0.25, 0.3) is 0 Å². The summed E-state index contributed by atoms with van der Waals surface area (Å²) in [4.78, 5) is 11.8. The van der Waals surface area contributed by atoms with Crippen LogP contribution in [0.4, 0.5) is 0 Å². The number of carbonyl (C=O) groups is 1. The second-order valence-corrected chi connectivity index (χ2v) is 5.22. The van der Waals surface area contributed by atoms with Crippen molar-refractivity contribution in [3.8, 4) is 0 Å². The van der Waals surface area contributed by atoms with Crippen LogP contribution in [0, 0.1) is 16.7 Å². The molecule has 0 aromatic carbocycles. The van der Waals surface area contributed by atoms with Crippen molar-refractivity contribution in [2.24, 2.45) is 16.7 Å². The van der Waals surface area contributed by atoms with Gasteiger partial charge < -0.3 is 0 Å². The van der Waals surface area contributed by atoms with Gasteiger partial charge in [-0.05, 0) is 37.0 Å². The summed E-state index contributed by atoms with van der Waals surface area (Å²) in [5.74, 6) is 1.50. The van der Waals surface area contributed by atoms with Crippen LogP contribution < -0.4 is 0 Å². The highest BCUT2D eigenvalue weighted by Gasteiger charge is 2.69. The minimum absolute atomic E-state index is 0.190. The lowest BCUT2D eigenvalue weighted by atomic mass is 9.40. The van der Waals surface area contributed by atoms with E-state index >= 15 is 0 Å². The fourth-order valence-electron chi connectivity index (χ4n) is 4.26. The Morgan fingerprint density at radius 3 is 2.92 bits per heavy atom. The third-order valence-corrected chi connectivity index (χ3v) is 5.14. The van der Waals surface area contributed by atoms with Gasteiger partial charge >= 0.3 is 0 Å². The Bertz CT molecular complexity index is 258. The number of fused-ring (bicyclic) bond motifs is 2. The zero-order valence-corrected chi connectivity index (χ0v) is 7.73. The zero-order valence-electron chi connectivity index (χ0n) is 7.73. The van der Waals surface area contributed by atoms with Crippen LogP contribution in [0.5, 0.6) is 0 Å². The van der Waals surface area contributed by atoms with E-state index in [9.17, 15) is 4.79 Å². The average molecular weight is 164 g/mol. The minimum Gasteiger partial charge on any atom is -0.299 e. The van der Waals surface area contributed by atoms with Gasteiger partial charge in [0.1, 0.15) is 5.78 Å². The first-order valence-corrected chi connectivity index (χ1v) is 5.22. The lowest BCUT2D eigenvalue weighted by molar-refractivity contribution is -0.174. The van der Waals surface area contributed by atoms with E-state index in [-0.39, 0.29) is 5.41 Å². The summed E-state index contributed by atoms with van der Waals surface area (Å²) < 4.78 is 0. The zero-order chi connectivity index (χ0) is 8.40. The van der Waals surface area contributed by atoms with Crippen molar-refractivity contribution in [2.45, 2.75) is 45.4 Å². The Labute approximate surface area is 73.5 Å². The van der Waals surface area contributed by atoms with Gasteiger partial charge in [-0.25, -0.2) is 0 Å². The topological polar surface area (TPSA) is 17.1 Å². The van der Waals surface area contributed by atoms with E-state index in [0.29, 0.717) is 11.2 Å². The lowest BCUT2D eigenvalue weighted by Crippen LogP contribution is -2.60. The molecule has 0 aromatic rings. The van der Waals surface area contributed by atoms with Crippen molar-refractivity contribution in [3.63, 3.8) is 0 Å². The lowest BCUT2D eigenvalue weighted by Gasteiger charge is -2.62. The van der Waals surface area contributed by atoms with Crippen molar-refractivity contribution in [2.75, 3.05) is 0 Å². The van der Waals surface area contributed by atoms with Gasteiger partial charge in [0, 0.05) is 11.8 Å². The maximum atomic E-state index is 11.8. The molecular formula is C11H16O. The molecule has 3 saturated carbocycles. The molecule has 0 saturated heterocycles. The summed E-state index contributed by atoms with van der Waals surface area (Å²) in [5.41, 5.74) is 0.637. The van der Waals surface area contributed by atoms with E-state index in [1.54, 1.807) is 0 Å². The van der Waals surface area contributed by atoms with Crippen LogP contribution in [0.1, 0.15) is 45.4 Å². The first-order valence-electron chi connectivity index (χ1n) is 5.22. The molecule has 3 atom stereocenters. The SMILES string of the molecule is CC12CCCC13CC2CCC3=O. The molecule has 0 heterocycles. The molecule has 3 fully saturated rings. The van der Waals surface area contributed by atoms with Crippen LogP contribution in [-0.2, 0) is 4.79 Å². The quantitative estimate of drug-likeness (QED) is 0.537. The molecule has 0 radical (unpaired) electrons. The molecule has 12 heavy (non-hydrogen) atoms. The van der Waals surface area contributed by atoms with E-state index in [4.69, 9.17) is 0 Å². The van der Waals surface area contributed by atoms with E-state index < -0.39 is 0 Å². The van der Waals surface area contributed by atoms with Gasteiger partial charge in [0.05, 0.1) is 0 Å². The number of carbonyl (C=O) groups excluding carboxylic acids is 1. The molecule has 0 aromatic heterocycles. The number of rotatable bonds is 0. The summed E-state index contributed by atoms with van der Waals surface area (Å²) in [7, 11) is 0. The van der Waals surface area contributed by atoms with E-state index in [0.717, 1.165) is 12.3 Å². The Morgan fingerprint density at radius 2 is 2.25 bits per heavy atom. The van der Waals surface area contributed by atoms with Crippen molar-refractivity contribution in [1.82, 2.24) is 0 Å². The summed E-state index contributed by atoms with van der Waals surface area (Å²) in [5, 5.41) is 0. The van der Waals surface area contributed by atoms with Crippen LogP contribution in [0.3, 0.4) is 0 Å². The predicted octanol–water partition coefficient (Wildman–Crippen LogP) is 2.55. The summed E-state index contributed by atoms with van der Waals surface area (Å²) in [6.45, 7) is 2.37. The average Bonchev–Trinajstić information content (AvgIpc) is 2.30. The summed E-state index contributed by atoms with van der Waals surface area (Å²) in [6, 6.07) is 0. The molecule has 66 valence electrons. The molecule has 0 N–H and O–H groups in total. The Hall–Kier alpha value is -0.330. The van der Waals surface area contributed by atoms with Gasteiger partial charge in [0.15, 0.2) is 0 Å². The van der Waals surface area contributed by atoms with E-state index in [1.165, 1.54) is 32.1 Å². The van der Waals surface area contributed by atoms with E-state index in [1.807, 2.05) is 0 Å². The molecule has 3 aliphatic carbocycles. The molecular weight excluding hydrogens is 148 g/mol. The van der Waals surface area contributed by atoms with Gasteiger partial charge in [-0.1, -0.05) is 13.3 Å². The maximum Gasteiger partial charge on any atom is 0.139 e. The van der Waals surface area contributed by atoms with Gasteiger partial charge in [-0.15, -0.1) is 0 Å². The number of hydrogen-bond donors (Lipinski definition) is 0. The fraction of sp³-hybridized carbons (Fsp3) is 0.909.